The van der Waals surface area contributed by atoms with Gasteiger partial charge in [-0.2, -0.15) is 11.8 Å². The summed E-state index contributed by atoms with van der Waals surface area (Å²) in [6.07, 6.45) is 1.87. The van der Waals surface area contributed by atoms with Crippen molar-refractivity contribution in [2.75, 3.05) is 58.0 Å². The number of aromatic amines is 1. The number of hydrogen-bond donors (Lipinski definition) is 1. The molecule has 162 valence electrons. The summed E-state index contributed by atoms with van der Waals surface area (Å²) in [7, 11) is 6.20. The molecule has 4 heterocycles. The van der Waals surface area contributed by atoms with Gasteiger partial charge in [0.05, 0.1) is 29.7 Å². The highest BCUT2D eigenvalue weighted by Crippen LogP contribution is 2.21. The van der Waals surface area contributed by atoms with Crippen molar-refractivity contribution in [2.24, 2.45) is 0 Å². The number of imidazole rings is 1. The number of nitrogens with zero attached hydrogens (tertiary/aromatic N) is 5. The van der Waals surface area contributed by atoms with Gasteiger partial charge in [-0.15, -0.1) is 0 Å². The van der Waals surface area contributed by atoms with Crippen molar-refractivity contribution < 1.29 is 4.42 Å². The number of aryl methyl sites for hydroxylation is 1. The molecule has 0 spiro atoms. The van der Waals surface area contributed by atoms with Crippen molar-refractivity contribution in [1.29, 1.82) is 0 Å². The van der Waals surface area contributed by atoms with Crippen molar-refractivity contribution in [3.63, 3.8) is 0 Å². The summed E-state index contributed by atoms with van der Waals surface area (Å²) in [4.78, 5) is 26.6. The van der Waals surface area contributed by atoms with Gasteiger partial charge in [-0.1, -0.05) is 0 Å². The molecule has 0 aliphatic carbocycles. The summed E-state index contributed by atoms with van der Waals surface area (Å²) in [5, 5.41) is 0. The summed E-state index contributed by atoms with van der Waals surface area (Å²) in [6.45, 7) is 5.48. The Hall–Kier alpha value is -2.23. The van der Waals surface area contributed by atoms with Crippen molar-refractivity contribution in [3.8, 4) is 0 Å². The van der Waals surface area contributed by atoms with Gasteiger partial charge in [-0.3, -0.25) is 9.55 Å². The van der Waals surface area contributed by atoms with Crippen LogP contribution in [0.1, 0.15) is 11.5 Å². The molecule has 8 nitrogen and oxygen atoms in total. The normalized spacial score (nSPS) is 15.5. The number of piperazine rings is 1. The second-order valence-corrected chi connectivity index (χ2v) is 9.20. The third-order valence-electron chi connectivity index (χ3n) is 5.38. The fourth-order valence-corrected chi connectivity index (χ4v) is 4.52. The molecule has 30 heavy (non-hydrogen) atoms. The number of likely N-dealkylation sites (N-methyl/N-ethyl adjacent to an activating group) is 1. The molecular formula is C21H30N6O2S. The molecule has 0 bridgehead atoms. The molecule has 1 aliphatic heterocycles. The van der Waals surface area contributed by atoms with Gasteiger partial charge in [0.2, 0.25) is 0 Å². The number of anilines is 1. The zero-order valence-electron chi connectivity index (χ0n) is 17.9. The lowest BCUT2D eigenvalue weighted by molar-refractivity contribution is 0.313. The second kappa shape index (κ2) is 9.28. The number of hydrogen-bond acceptors (Lipinski definition) is 7. The number of pyridine rings is 1. The maximum Gasteiger partial charge on any atom is 0.327 e. The zero-order valence-corrected chi connectivity index (χ0v) is 18.7. The maximum atomic E-state index is 12.5. The average Bonchev–Trinajstić information content (AvgIpc) is 3.28. The van der Waals surface area contributed by atoms with Crippen molar-refractivity contribution in [2.45, 2.75) is 18.8 Å². The van der Waals surface area contributed by atoms with E-state index in [0.717, 1.165) is 67.0 Å². The lowest BCUT2D eigenvalue weighted by atomic mass is 10.3. The molecule has 1 aliphatic rings. The Morgan fingerprint density at radius 1 is 1.20 bits per heavy atom. The summed E-state index contributed by atoms with van der Waals surface area (Å²) in [5.41, 5.74) is 2.52. The van der Waals surface area contributed by atoms with Gasteiger partial charge >= 0.3 is 5.69 Å². The van der Waals surface area contributed by atoms with Gasteiger partial charge in [-0.05, 0) is 39.3 Å². The molecule has 0 atom stereocenters. The van der Waals surface area contributed by atoms with E-state index in [-0.39, 0.29) is 5.69 Å². The van der Waals surface area contributed by atoms with E-state index in [4.69, 9.17) is 4.42 Å². The van der Waals surface area contributed by atoms with E-state index in [1.165, 1.54) is 0 Å². The molecule has 0 saturated carbocycles. The molecule has 9 heteroatoms. The number of aromatic nitrogens is 3. The zero-order chi connectivity index (χ0) is 21.1. The molecule has 0 radical (unpaired) electrons. The van der Waals surface area contributed by atoms with Gasteiger partial charge in [-0.25, -0.2) is 9.78 Å². The lowest BCUT2D eigenvalue weighted by Gasteiger charge is -2.33. The molecule has 1 fully saturated rings. The van der Waals surface area contributed by atoms with Crippen LogP contribution in [0.4, 0.5) is 5.69 Å². The fourth-order valence-electron chi connectivity index (χ4n) is 3.71. The maximum absolute atomic E-state index is 12.5. The standard InChI is InChI=1S/C21H30N6O2S/c1-24(2)14-17-4-5-18(29-17)15-30-11-10-27-19-12-16(13-22-20(19)23-21(27)28)26-8-6-25(3)7-9-26/h4-5,12-13H,6-11,14-15H2,1-3H3,(H,22,23,28). The predicted molar refractivity (Wildman–Crippen MR) is 122 cm³/mol. The molecule has 1 saturated heterocycles. The van der Waals surface area contributed by atoms with Crippen LogP contribution in [0.15, 0.2) is 33.6 Å². The summed E-state index contributed by atoms with van der Waals surface area (Å²) < 4.78 is 7.66. The van der Waals surface area contributed by atoms with Gasteiger partial charge in [0, 0.05) is 38.5 Å². The number of nitrogens with one attached hydrogen (secondary N) is 1. The number of H-pyrrole nitrogens is 1. The first-order valence-corrected chi connectivity index (χ1v) is 11.5. The smallest absolute Gasteiger partial charge is 0.327 e. The minimum absolute atomic E-state index is 0.0973. The molecule has 0 amide bonds. The highest BCUT2D eigenvalue weighted by molar-refractivity contribution is 7.98. The Balaban J connectivity index is 1.38. The van der Waals surface area contributed by atoms with E-state index in [1.807, 2.05) is 32.4 Å². The van der Waals surface area contributed by atoms with Crippen LogP contribution in [0.5, 0.6) is 0 Å². The van der Waals surface area contributed by atoms with Crippen molar-refractivity contribution in [1.82, 2.24) is 24.3 Å². The summed E-state index contributed by atoms with van der Waals surface area (Å²) in [6, 6.07) is 6.16. The molecule has 3 aromatic rings. The van der Waals surface area contributed by atoms with Gasteiger partial charge < -0.3 is 19.1 Å². The monoisotopic (exact) mass is 430 g/mol. The van der Waals surface area contributed by atoms with E-state index in [0.29, 0.717) is 12.2 Å². The number of fused-ring (bicyclic) bond motifs is 1. The predicted octanol–water partition coefficient (Wildman–Crippen LogP) is 2.06. The Morgan fingerprint density at radius 2 is 1.97 bits per heavy atom. The summed E-state index contributed by atoms with van der Waals surface area (Å²) in [5.74, 6) is 3.58. The van der Waals surface area contributed by atoms with E-state index in [9.17, 15) is 4.79 Å². The van der Waals surface area contributed by atoms with Crippen LogP contribution in [0.2, 0.25) is 0 Å². The van der Waals surface area contributed by atoms with Gasteiger partial charge in [0.15, 0.2) is 5.65 Å². The van der Waals surface area contributed by atoms with E-state index < -0.39 is 0 Å². The molecule has 0 unspecified atom stereocenters. The third kappa shape index (κ3) is 4.91. The van der Waals surface area contributed by atoms with Crippen LogP contribution in [-0.4, -0.2) is 77.4 Å². The largest absolute Gasteiger partial charge is 0.464 e. The van der Waals surface area contributed by atoms with E-state index >= 15 is 0 Å². The Kier molecular flexibility index (Phi) is 6.50. The highest BCUT2D eigenvalue weighted by Gasteiger charge is 2.16. The first kappa shape index (κ1) is 21.0. The fraction of sp³-hybridized carbons (Fsp3) is 0.524. The van der Waals surface area contributed by atoms with Crippen LogP contribution in [0.3, 0.4) is 0 Å². The Morgan fingerprint density at radius 3 is 2.73 bits per heavy atom. The molecular weight excluding hydrogens is 400 g/mol. The lowest BCUT2D eigenvalue weighted by Crippen LogP contribution is -2.44. The van der Waals surface area contributed by atoms with E-state index in [1.54, 1.807) is 16.3 Å². The highest BCUT2D eigenvalue weighted by atomic mass is 32.2. The third-order valence-corrected chi connectivity index (χ3v) is 6.34. The summed E-state index contributed by atoms with van der Waals surface area (Å²) >= 11 is 1.77. The first-order valence-electron chi connectivity index (χ1n) is 10.3. The SMILES string of the molecule is CN(C)Cc1ccc(CSCCn2c(=O)[nH]c3ncc(N4CCN(C)CC4)cc32)o1. The molecule has 0 aromatic carbocycles. The van der Waals surface area contributed by atoms with Crippen LogP contribution in [-0.2, 0) is 18.8 Å². The van der Waals surface area contributed by atoms with Gasteiger partial charge in [0.1, 0.15) is 11.5 Å². The molecule has 1 N–H and O–H groups in total. The average molecular weight is 431 g/mol. The van der Waals surface area contributed by atoms with Gasteiger partial charge in [0.25, 0.3) is 0 Å². The minimum Gasteiger partial charge on any atom is -0.464 e. The Bertz CT molecular complexity index is 1030. The number of rotatable bonds is 8. The van der Waals surface area contributed by atoms with Crippen molar-refractivity contribution in [3.05, 3.63) is 46.4 Å². The second-order valence-electron chi connectivity index (χ2n) is 8.09. The number of thioether (sulfide) groups is 1. The van der Waals surface area contributed by atoms with E-state index in [2.05, 4.69) is 37.8 Å². The van der Waals surface area contributed by atoms with Crippen LogP contribution < -0.4 is 10.6 Å². The quantitative estimate of drug-likeness (QED) is 0.549. The van der Waals surface area contributed by atoms with Crippen LogP contribution >= 0.6 is 11.8 Å². The molecule has 3 aromatic heterocycles. The first-order chi connectivity index (χ1) is 14.5. The Labute approximate surface area is 180 Å². The number of furan rings is 1. The van der Waals surface area contributed by atoms with Crippen molar-refractivity contribution >= 4 is 28.6 Å². The minimum atomic E-state index is -0.0973. The van der Waals surface area contributed by atoms with Crippen LogP contribution in [0, 0.1) is 0 Å². The topological polar surface area (TPSA) is 73.5 Å². The van der Waals surface area contributed by atoms with Crippen LogP contribution in [0.25, 0.3) is 11.2 Å². The molecule has 4 rings (SSSR count).